The molecule has 4 amide bonds. The zero-order chi connectivity index (χ0) is 21.1. The van der Waals surface area contributed by atoms with Crippen molar-refractivity contribution in [3.63, 3.8) is 0 Å². The van der Waals surface area contributed by atoms with E-state index in [4.69, 9.17) is 16.3 Å². The number of benzene rings is 1. The van der Waals surface area contributed by atoms with Crippen molar-refractivity contribution in [2.45, 2.75) is 52.2 Å². The van der Waals surface area contributed by atoms with E-state index < -0.39 is 29.6 Å². The monoisotopic (exact) mass is 409 g/mol. The number of halogens is 1. The summed E-state index contributed by atoms with van der Waals surface area (Å²) < 4.78 is 5.14. The maximum Gasteiger partial charge on any atom is 0.338 e. The number of esters is 1. The molecular weight excluding hydrogens is 386 g/mol. The van der Waals surface area contributed by atoms with E-state index >= 15 is 0 Å². The van der Waals surface area contributed by atoms with Crippen molar-refractivity contribution in [2.24, 2.45) is 0 Å². The summed E-state index contributed by atoms with van der Waals surface area (Å²) >= 11 is 6.16. The van der Waals surface area contributed by atoms with Gasteiger partial charge in [0.2, 0.25) is 5.91 Å². The average molecular weight is 410 g/mol. The highest BCUT2D eigenvalue weighted by atomic mass is 35.5. The van der Waals surface area contributed by atoms with Gasteiger partial charge in [-0.2, -0.15) is 0 Å². The van der Waals surface area contributed by atoms with Crippen LogP contribution in [-0.2, 0) is 14.3 Å². The molecule has 2 rings (SSSR count). The minimum atomic E-state index is -1.19. The van der Waals surface area contributed by atoms with Crippen molar-refractivity contribution in [2.75, 3.05) is 11.4 Å². The molecule has 0 radical (unpaired) electrons. The third kappa shape index (κ3) is 5.69. The van der Waals surface area contributed by atoms with Crippen LogP contribution in [-0.4, -0.2) is 42.0 Å². The second kappa shape index (κ2) is 8.60. The normalized spacial score (nSPS) is 15.2. The molecule has 0 spiro atoms. The Hall–Kier alpha value is -2.61. The van der Waals surface area contributed by atoms with Gasteiger partial charge in [0.25, 0.3) is 5.91 Å². The number of urea groups is 1. The maximum absolute atomic E-state index is 12.4. The molecule has 0 unspecified atom stereocenters. The average Bonchev–Trinajstić information content (AvgIpc) is 2.99. The zero-order valence-corrected chi connectivity index (χ0v) is 17.1. The Bertz CT molecular complexity index is 803. The molecular formula is C19H24ClN3O5. The molecule has 0 aromatic heterocycles. The van der Waals surface area contributed by atoms with Crippen molar-refractivity contribution in [3.8, 4) is 0 Å². The molecule has 9 heteroatoms. The molecule has 1 saturated heterocycles. The highest BCUT2D eigenvalue weighted by Gasteiger charge is 2.26. The van der Waals surface area contributed by atoms with Crippen LogP contribution in [0.1, 0.15) is 50.9 Å². The van der Waals surface area contributed by atoms with Crippen molar-refractivity contribution in [3.05, 3.63) is 28.8 Å². The van der Waals surface area contributed by atoms with Crippen LogP contribution in [0.25, 0.3) is 0 Å². The Balaban J connectivity index is 2.03. The molecule has 1 heterocycles. The molecule has 152 valence electrons. The third-order valence-corrected chi connectivity index (χ3v) is 4.24. The number of hydrogen-bond acceptors (Lipinski definition) is 5. The number of amides is 4. The Kier molecular flexibility index (Phi) is 6.66. The summed E-state index contributed by atoms with van der Waals surface area (Å²) in [5, 5.41) is 5.04. The summed E-state index contributed by atoms with van der Waals surface area (Å²) in [6.07, 6.45) is -0.0398. The summed E-state index contributed by atoms with van der Waals surface area (Å²) in [4.78, 5) is 49.7. The van der Waals surface area contributed by atoms with Gasteiger partial charge in [-0.15, -0.1) is 0 Å². The number of imide groups is 1. The number of ether oxygens (including phenoxy) is 1. The van der Waals surface area contributed by atoms with Crippen LogP contribution in [0.5, 0.6) is 0 Å². The predicted molar refractivity (Wildman–Crippen MR) is 104 cm³/mol. The van der Waals surface area contributed by atoms with E-state index in [-0.39, 0.29) is 11.5 Å². The summed E-state index contributed by atoms with van der Waals surface area (Å²) in [5.41, 5.74) is 0.0648. The van der Waals surface area contributed by atoms with E-state index in [1.54, 1.807) is 20.8 Å². The van der Waals surface area contributed by atoms with Crippen LogP contribution < -0.4 is 15.5 Å². The van der Waals surface area contributed by atoms with Crippen molar-refractivity contribution < 1.29 is 23.9 Å². The van der Waals surface area contributed by atoms with Crippen LogP contribution in [0.3, 0.4) is 0 Å². The molecule has 1 aliphatic rings. The molecule has 1 aliphatic heterocycles. The first-order valence-electron chi connectivity index (χ1n) is 8.92. The van der Waals surface area contributed by atoms with E-state index in [9.17, 15) is 19.2 Å². The lowest BCUT2D eigenvalue weighted by molar-refractivity contribution is -0.128. The number of carbonyl (C=O) groups is 4. The van der Waals surface area contributed by atoms with Gasteiger partial charge in [-0.3, -0.25) is 14.9 Å². The van der Waals surface area contributed by atoms with Gasteiger partial charge in [0.1, 0.15) is 0 Å². The second-order valence-corrected chi connectivity index (χ2v) is 7.96. The molecule has 1 aromatic rings. The fourth-order valence-corrected chi connectivity index (χ4v) is 2.84. The van der Waals surface area contributed by atoms with Gasteiger partial charge < -0.3 is 15.0 Å². The van der Waals surface area contributed by atoms with Gasteiger partial charge in [-0.25, -0.2) is 9.59 Å². The Morgan fingerprint density at radius 3 is 2.50 bits per heavy atom. The van der Waals surface area contributed by atoms with Crippen LogP contribution >= 0.6 is 11.6 Å². The molecule has 0 saturated carbocycles. The minimum Gasteiger partial charge on any atom is -0.449 e. The van der Waals surface area contributed by atoms with Crippen molar-refractivity contribution >= 4 is 41.1 Å². The SMILES string of the molecule is C[C@@H](OC(=O)c1ccc(Cl)c(N2CCCC2=O)c1)C(=O)NC(=O)NC(C)(C)C. The molecule has 1 fully saturated rings. The van der Waals surface area contributed by atoms with Gasteiger partial charge >= 0.3 is 12.0 Å². The van der Waals surface area contributed by atoms with Gasteiger partial charge in [0.05, 0.1) is 16.3 Å². The lowest BCUT2D eigenvalue weighted by atomic mass is 10.1. The van der Waals surface area contributed by atoms with E-state index in [0.717, 1.165) is 6.42 Å². The fraction of sp³-hybridized carbons (Fsp3) is 0.474. The number of nitrogens with zero attached hydrogens (tertiary/aromatic N) is 1. The summed E-state index contributed by atoms with van der Waals surface area (Å²) in [7, 11) is 0. The largest absolute Gasteiger partial charge is 0.449 e. The highest BCUT2D eigenvalue weighted by Crippen LogP contribution is 2.30. The number of nitrogens with one attached hydrogen (secondary N) is 2. The first kappa shape index (κ1) is 21.7. The van der Waals surface area contributed by atoms with E-state index in [1.807, 2.05) is 0 Å². The van der Waals surface area contributed by atoms with E-state index in [2.05, 4.69) is 10.6 Å². The smallest absolute Gasteiger partial charge is 0.338 e. The van der Waals surface area contributed by atoms with Gasteiger partial charge in [0, 0.05) is 18.5 Å². The predicted octanol–water partition coefficient (Wildman–Crippen LogP) is 2.64. The van der Waals surface area contributed by atoms with Crippen LogP contribution in [0.4, 0.5) is 10.5 Å². The molecule has 28 heavy (non-hydrogen) atoms. The first-order chi connectivity index (χ1) is 13.0. The van der Waals surface area contributed by atoms with Crippen LogP contribution in [0.2, 0.25) is 5.02 Å². The quantitative estimate of drug-likeness (QED) is 0.744. The fourth-order valence-electron chi connectivity index (χ4n) is 2.62. The third-order valence-electron chi connectivity index (χ3n) is 3.92. The number of rotatable bonds is 4. The highest BCUT2D eigenvalue weighted by molar-refractivity contribution is 6.34. The number of hydrogen-bond donors (Lipinski definition) is 2. The zero-order valence-electron chi connectivity index (χ0n) is 16.3. The van der Waals surface area contributed by atoms with Gasteiger partial charge in [0.15, 0.2) is 6.10 Å². The lowest BCUT2D eigenvalue weighted by Gasteiger charge is -2.21. The number of carbonyl (C=O) groups excluding carboxylic acids is 4. The molecule has 0 aliphatic carbocycles. The Morgan fingerprint density at radius 1 is 1.25 bits per heavy atom. The second-order valence-electron chi connectivity index (χ2n) is 7.56. The molecule has 2 N–H and O–H groups in total. The van der Waals surface area contributed by atoms with Crippen molar-refractivity contribution in [1.29, 1.82) is 0 Å². The standard InChI is InChI=1S/C19H24ClN3O5/c1-11(16(25)21-18(27)22-19(2,3)4)28-17(26)12-7-8-13(20)14(10-12)23-9-5-6-15(23)24/h7-8,10-11H,5-6,9H2,1-4H3,(H2,21,22,25,27)/t11-/m1/s1. The first-order valence-corrected chi connectivity index (χ1v) is 9.29. The molecule has 1 aromatic carbocycles. The molecule has 0 bridgehead atoms. The van der Waals surface area contributed by atoms with Crippen molar-refractivity contribution in [1.82, 2.24) is 10.6 Å². The summed E-state index contributed by atoms with van der Waals surface area (Å²) in [6, 6.07) is 3.73. The van der Waals surface area contributed by atoms with E-state index in [0.29, 0.717) is 23.7 Å². The Labute approximate surface area is 168 Å². The lowest BCUT2D eigenvalue weighted by Crippen LogP contribution is -2.50. The summed E-state index contributed by atoms with van der Waals surface area (Å²) in [6.45, 7) is 7.19. The topological polar surface area (TPSA) is 105 Å². The summed E-state index contributed by atoms with van der Waals surface area (Å²) in [5.74, 6) is -1.58. The van der Waals surface area contributed by atoms with Gasteiger partial charge in [-0.05, 0) is 52.3 Å². The number of anilines is 1. The Morgan fingerprint density at radius 2 is 1.93 bits per heavy atom. The minimum absolute atomic E-state index is 0.0648. The van der Waals surface area contributed by atoms with Gasteiger partial charge in [-0.1, -0.05) is 11.6 Å². The maximum atomic E-state index is 12.4. The molecule has 1 atom stereocenters. The van der Waals surface area contributed by atoms with Crippen LogP contribution in [0.15, 0.2) is 18.2 Å². The van der Waals surface area contributed by atoms with E-state index in [1.165, 1.54) is 30.0 Å². The molecule has 8 nitrogen and oxygen atoms in total. The van der Waals surface area contributed by atoms with Crippen LogP contribution in [0, 0.1) is 0 Å².